The van der Waals surface area contributed by atoms with Gasteiger partial charge >= 0.3 is 0 Å². The summed E-state index contributed by atoms with van der Waals surface area (Å²) in [5.41, 5.74) is 1.51. The van der Waals surface area contributed by atoms with E-state index in [-0.39, 0.29) is 17.2 Å². The van der Waals surface area contributed by atoms with Crippen molar-refractivity contribution in [3.63, 3.8) is 0 Å². The zero-order valence-electron chi connectivity index (χ0n) is 13.9. The van der Waals surface area contributed by atoms with E-state index in [2.05, 4.69) is 57.8 Å². The van der Waals surface area contributed by atoms with Crippen LogP contribution < -0.4 is 10.6 Å². The quantitative estimate of drug-likeness (QED) is 0.836. The molecule has 3 nitrogen and oxygen atoms in total. The Bertz CT molecular complexity index is 537. The number of hydrogen-bond donors (Lipinski definition) is 2. The monoisotopic (exact) mass is 378 g/mol. The van der Waals surface area contributed by atoms with Crippen molar-refractivity contribution in [1.29, 1.82) is 0 Å². The standard InChI is InChI=1S/C19H27BrN2O/c1-14-12-15(8-11-21-14)18(23)22-13-19(9-2-3-10-19)16-4-6-17(20)7-5-16/h4-7,14-15,21H,2-3,8-13H2,1H3,(H,22,23)/t14-,15-/m0/s1. The predicted octanol–water partition coefficient (Wildman–Crippen LogP) is 3.77. The highest BCUT2D eigenvalue weighted by Gasteiger charge is 2.36. The fourth-order valence-corrected chi connectivity index (χ4v) is 4.46. The largest absolute Gasteiger partial charge is 0.355 e. The highest BCUT2D eigenvalue weighted by molar-refractivity contribution is 9.10. The Morgan fingerprint density at radius 1 is 1.30 bits per heavy atom. The summed E-state index contributed by atoms with van der Waals surface area (Å²) in [6.07, 6.45) is 6.79. The van der Waals surface area contributed by atoms with Crippen LogP contribution in [0.5, 0.6) is 0 Å². The number of piperidine rings is 1. The summed E-state index contributed by atoms with van der Waals surface area (Å²) >= 11 is 3.52. The molecule has 126 valence electrons. The lowest BCUT2D eigenvalue weighted by atomic mass is 9.78. The molecule has 0 radical (unpaired) electrons. The van der Waals surface area contributed by atoms with Crippen molar-refractivity contribution >= 4 is 21.8 Å². The molecule has 1 aliphatic carbocycles. The number of rotatable bonds is 4. The van der Waals surface area contributed by atoms with Gasteiger partial charge in [-0.2, -0.15) is 0 Å². The molecule has 0 aromatic heterocycles. The zero-order valence-corrected chi connectivity index (χ0v) is 15.5. The Kier molecular flexibility index (Phi) is 5.42. The van der Waals surface area contributed by atoms with Crippen LogP contribution in [-0.2, 0) is 10.2 Å². The molecule has 3 rings (SSSR count). The average molecular weight is 379 g/mol. The zero-order chi connectivity index (χ0) is 16.3. The molecular weight excluding hydrogens is 352 g/mol. The summed E-state index contributed by atoms with van der Waals surface area (Å²) in [6.45, 7) is 3.91. The van der Waals surface area contributed by atoms with Gasteiger partial charge in [-0.25, -0.2) is 0 Å². The first-order chi connectivity index (χ1) is 11.1. The maximum Gasteiger partial charge on any atom is 0.223 e. The lowest BCUT2D eigenvalue weighted by Crippen LogP contribution is -2.45. The highest BCUT2D eigenvalue weighted by Crippen LogP contribution is 2.41. The summed E-state index contributed by atoms with van der Waals surface area (Å²) in [5.74, 6) is 0.427. The lowest BCUT2D eigenvalue weighted by Gasteiger charge is -2.32. The van der Waals surface area contributed by atoms with E-state index in [0.717, 1.165) is 30.4 Å². The molecule has 1 saturated carbocycles. The van der Waals surface area contributed by atoms with Gasteiger partial charge in [0, 0.05) is 28.4 Å². The predicted molar refractivity (Wildman–Crippen MR) is 97.5 cm³/mol. The fourth-order valence-electron chi connectivity index (χ4n) is 4.19. The molecule has 0 bridgehead atoms. The molecular formula is C19H27BrN2O. The summed E-state index contributed by atoms with van der Waals surface area (Å²) in [6, 6.07) is 9.12. The van der Waals surface area contributed by atoms with E-state index in [1.54, 1.807) is 0 Å². The molecule has 1 heterocycles. The summed E-state index contributed by atoms with van der Waals surface area (Å²) in [4.78, 5) is 12.6. The van der Waals surface area contributed by atoms with Crippen LogP contribution >= 0.6 is 15.9 Å². The molecule has 0 unspecified atom stereocenters. The lowest BCUT2D eigenvalue weighted by molar-refractivity contribution is -0.126. The summed E-state index contributed by atoms with van der Waals surface area (Å²) in [5, 5.41) is 6.71. The normalized spacial score (nSPS) is 26.9. The molecule has 1 amide bonds. The molecule has 2 N–H and O–H groups in total. The molecule has 2 fully saturated rings. The van der Waals surface area contributed by atoms with Gasteiger partial charge in [-0.15, -0.1) is 0 Å². The van der Waals surface area contributed by atoms with Crippen LogP contribution in [0.25, 0.3) is 0 Å². The first-order valence-electron chi connectivity index (χ1n) is 8.86. The first kappa shape index (κ1) is 17.0. The van der Waals surface area contributed by atoms with Crippen LogP contribution in [0.1, 0.15) is 51.0 Å². The number of carbonyl (C=O) groups is 1. The van der Waals surface area contributed by atoms with Crippen molar-refractivity contribution in [3.05, 3.63) is 34.3 Å². The van der Waals surface area contributed by atoms with Gasteiger partial charge in [-0.3, -0.25) is 4.79 Å². The number of carbonyl (C=O) groups excluding carboxylic acids is 1. The van der Waals surface area contributed by atoms with Crippen LogP contribution in [0.2, 0.25) is 0 Å². The molecule has 2 atom stereocenters. The Morgan fingerprint density at radius 3 is 2.65 bits per heavy atom. The highest BCUT2D eigenvalue weighted by atomic mass is 79.9. The van der Waals surface area contributed by atoms with Crippen molar-refractivity contribution in [2.24, 2.45) is 5.92 Å². The molecule has 23 heavy (non-hydrogen) atoms. The Balaban J connectivity index is 1.66. The average Bonchev–Trinajstić information content (AvgIpc) is 3.03. The van der Waals surface area contributed by atoms with Gasteiger partial charge in [0.05, 0.1) is 0 Å². The van der Waals surface area contributed by atoms with E-state index in [9.17, 15) is 4.79 Å². The van der Waals surface area contributed by atoms with Gasteiger partial charge in [0.15, 0.2) is 0 Å². The third kappa shape index (κ3) is 3.97. The van der Waals surface area contributed by atoms with Crippen molar-refractivity contribution < 1.29 is 4.79 Å². The molecule has 1 aromatic rings. The Labute approximate surface area is 147 Å². The second-order valence-corrected chi connectivity index (χ2v) is 8.20. The van der Waals surface area contributed by atoms with Crippen LogP contribution in [0.4, 0.5) is 0 Å². The minimum Gasteiger partial charge on any atom is -0.355 e. The van der Waals surface area contributed by atoms with Gasteiger partial charge in [-0.1, -0.05) is 40.9 Å². The molecule has 1 aromatic carbocycles. The molecule has 4 heteroatoms. The van der Waals surface area contributed by atoms with E-state index in [4.69, 9.17) is 0 Å². The van der Waals surface area contributed by atoms with Gasteiger partial charge < -0.3 is 10.6 Å². The maximum absolute atomic E-state index is 12.6. The number of benzene rings is 1. The van der Waals surface area contributed by atoms with Crippen molar-refractivity contribution in [1.82, 2.24) is 10.6 Å². The molecule has 1 saturated heterocycles. The molecule has 1 aliphatic heterocycles. The van der Waals surface area contributed by atoms with E-state index in [1.807, 2.05) is 0 Å². The second-order valence-electron chi connectivity index (χ2n) is 7.29. The molecule has 0 spiro atoms. The second kappa shape index (κ2) is 7.35. The number of nitrogens with one attached hydrogen (secondary N) is 2. The summed E-state index contributed by atoms with van der Waals surface area (Å²) < 4.78 is 1.11. The van der Waals surface area contributed by atoms with Crippen LogP contribution in [0.3, 0.4) is 0 Å². The van der Waals surface area contributed by atoms with Gasteiger partial charge in [0.1, 0.15) is 0 Å². The minimum absolute atomic E-state index is 0.134. The van der Waals surface area contributed by atoms with E-state index in [1.165, 1.54) is 31.2 Å². The first-order valence-corrected chi connectivity index (χ1v) is 9.65. The van der Waals surface area contributed by atoms with Gasteiger partial charge in [0.25, 0.3) is 0 Å². The minimum atomic E-state index is 0.134. The number of amides is 1. The van der Waals surface area contributed by atoms with Crippen LogP contribution in [0.15, 0.2) is 28.7 Å². The number of halogens is 1. The van der Waals surface area contributed by atoms with Gasteiger partial charge in [-0.05, 0) is 56.8 Å². The van der Waals surface area contributed by atoms with Crippen molar-refractivity contribution in [2.45, 2.75) is 56.9 Å². The topological polar surface area (TPSA) is 41.1 Å². The van der Waals surface area contributed by atoms with Crippen molar-refractivity contribution in [2.75, 3.05) is 13.1 Å². The Hall–Kier alpha value is -0.870. The summed E-state index contributed by atoms with van der Waals surface area (Å²) in [7, 11) is 0. The van der Waals surface area contributed by atoms with E-state index in [0.29, 0.717) is 6.04 Å². The van der Waals surface area contributed by atoms with E-state index < -0.39 is 0 Å². The van der Waals surface area contributed by atoms with E-state index >= 15 is 0 Å². The SMILES string of the molecule is C[C@H]1C[C@@H](C(=O)NCC2(c3ccc(Br)cc3)CCCC2)CCN1. The molecule has 2 aliphatic rings. The number of hydrogen-bond acceptors (Lipinski definition) is 2. The Morgan fingerprint density at radius 2 is 2.00 bits per heavy atom. The fraction of sp³-hybridized carbons (Fsp3) is 0.632. The third-order valence-electron chi connectivity index (χ3n) is 5.61. The van der Waals surface area contributed by atoms with Crippen LogP contribution in [0, 0.1) is 5.92 Å². The van der Waals surface area contributed by atoms with Crippen molar-refractivity contribution in [3.8, 4) is 0 Å². The smallest absolute Gasteiger partial charge is 0.223 e. The van der Waals surface area contributed by atoms with Crippen LogP contribution in [-0.4, -0.2) is 25.0 Å². The van der Waals surface area contributed by atoms with Gasteiger partial charge in [0.2, 0.25) is 5.91 Å². The maximum atomic E-state index is 12.6. The third-order valence-corrected chi connectivity index (χ3v) is 6.14.